The highest BCUT2D eigenvalue weighted by Gasteiger charge is 2.29. The summed E-state index contributed by atoms with van der Waals surface area (Å²) in [5.74, 6) is 1.08. The second-order valence-corrected chi connectivity index (χ2v) is 4.12. The van der Waals surface area contributed by atoms with Gasteiger partial charge in [-0.3, -0.25) is 0 Å². The molecule has 0 aliphatic carbocycles. The van der Waals surface area contributed by atoms with Gasteiger partial charge in [0, 0.05) is 0 Å². The Morgan fingerprint density at radius 2 is 2.27 bits per heavy atom. The summed E-state index contributed by atoms with van der Waals surface area (Å²) in [5.41, 5.74) is 0.188. The summed E-state index contributed by atoms with van der Waals surface area (Å²) in [5, 5.41) is 0. The Labute approximate surface area is 72.6 Å². The van der Waals surface area contributed by atoms with Crippen molar-refractivity contribution in [2.45, 2.75) is 26.8 Å². The molecular weight excluding hydrogens is 162 g/mol. The number of ether oxygens (including phenoxy) is 1. The first-order valence-electron chi connectivity index (χ1n) is 3.79. The lowest BCUT2D eigenvalue weighted by atomic mass is 9.88. The molecule has 1 aliphatic heterocycles. The fourth-order valence-electron chi connectivity index (χ4n) is 0.940. The molecule has 0 aromatic rings. The van der Waals surface area contributed by atoms with E-state index < -0.39 is 0 Å². The van der Waals surface area contributed by atoms with Gasteiger partial charge in [0.15, 0.2) is 5.90 Å². The van der Waals surface area contributed by atoms with E-state index in [1.54, 1.807) is 0 Å². The Morgan fingerprint density at radius 3 is 2.55 bits per heavy atom. The van der Waals surface area contributed by atoms with Crippen LogP contribution < -0.4 is 0 Å². The first-order valence-corrected chi connectivity index (χ1v) is 4.33. The normalized spacial score (nSPS) is 24.7. The number of hydrogen-bond acceptors (Lipinski definition) is 2. The third-order valence-corrected chi connectivity index (χ3v) is 2.05. The molecule has 1 rings (SSSR count). The van der Waals surface area contributed by atoms with Crippen molar-refractivity contribution in [2.75, 3.05) is 12.5 Å². The van der Waals surface area contributed by atoms with Gasteiger partial charge in [-0.15, -0.1) is 11.6 Å². The van der Waals surface area contributed by atoms with E-state index in [0.717, 1.165) is 0 Å². The molecule has 0 amide bonds. The zero-order valence-corrected chi connectivity index (χ0v) is 7.98. The van der Waals surface area contributed by atoms with E-state index in [2.05, 4.69) is 25.8 Å². The van der Waals surface area contributed by atoms with Crippen molar-refractivity contribution in [3.8, 4) is 0 Å². The van der Waals surface area contributed by atoms with Crippen molar-refractivity contribution in [3.05, 3.63) is 0 Å². The van der Waals surface area contributed by atoms with Crippen LogP contribution in [-0.4, -0.2) is 24.4 Å². The average Bonchev–Trinajstić information content (AvgIpc) is 2.32. The zero-order chi connectivity index (χ0) is 8.48. The van der Waals surface area contributed by atoms with Crippen molar-refractivity contribution >= 4 is 17.5 Å². The third-order valence-electron chi connectivity index (χ3n) is 1.82. The summed E-state index contributed by atoms with van der Waals surface area (Å²) in [6.45, 7) is 7.15. The molecule has 2 nitrogen and oxygen atoms in total. The van der Waals surface area contributed by atoms with Gasteiger partial charge in [-0.25, -0.2) is 4.99 Å². The topological polar surface area (TPSA) is 21.6 Å². The molecule has 0 aromatic heterocycles. The molecule has 0 saturated carbocycles. The fourth-order valence-corrected chi connectivity index (χ4v) is 1.09. The SMILES string of the molecule is CC(C)(C)C1COC(CCl)=N1. The van der Waals surface area contributed by atoms with Crippen LogP contribution in [0.4, 0.5) is 0 Å². The van der Waals surface area contributed by atoms with E-state index in [0.29, 0.717) is 18.4 Å². The Balaban J connectivity index is 2.59. The summed E-state index contributed by atoms with van der Waals surface area (Å²) in [7, 11) is 0. The molecule has 0 saturated heterocycles. The van der Waals surface area contributed by atoms with E-state index in [9.17, 15) is 0 Å². The summed E-state index contributed by atoms with van der Waals surface area (Å²) < 4.78 is 5.26. The Kier molecular flexibility index (Phi) is 2.43. The van der Waals surface area contributed by atoms with Gasteiger partial charge in [-0.05, 0) is 5.41 Å². The molecule has 1 unspecified atom stereocenters. The highest BCUT2D eigenvalue weighted by Crippen LogP contribution is 2.25. The highest BCUT2D eigenvalue weighted by molar-refractivity contribution is 6.27. The predicted molar refractivity (Wildman–Crippen MR) is 47.4 cm³/mol. The van der Waals surface area contributed by atoms with Gasteiger partial charge in [0.2, 0.25) is 0 Å². The average molecular weight is 176 g/mol. The highest BCUT2D eigenvalue weighted by atomic mass is 35.5. The van der Waals surface area contributed by atoms with E-state index in [-0.39, 0.29) is 11.5 Å². The summed E-state index contributed by atoms with van der Waals surface area (Å²) in [6.07, 6.45) is 0. The Morgan fingerprint density at radius 1 is 1.64 bits per heavy atom. The van der Waals surface area contributed by atoms with Crippen LogP contribution in [0.5, 0.6) is 0 Å². The molecule has 1 atom stereocenters. The van der Waals surface area contributed by atoms with Gasteiger partial charge in [0.25, 0.3) is 0 Å². The van der Waals surface area contributed by atoms with Gasteiger partial charge in [-0.2, -0.15) is 0 Å². The molecule has 0 spiro atoms. The van der Waals surface area contributed by atoms with E-state index in [1.807, 2.05) is 0 Å². The molecule has 3 heteroatoms. The summed E-state index contributed by atoms with van der Waals surface area (Å²) in [4.78, 5) is 4.34. The number of halogens is 1. The molecule has 0 bridgehead atoms. The van der Waals surface area contributed by atoms with E-state index in [1.165, 1.54) is 0 Å². The first-order chi connectivity index (χ1) is 5.04. The fraction of sp³-hybridized carbons (Fsp3) is 0.875. The molecule has 11 heavy (non-hydrogen) atoms. The van der Waals surface area contributed by atoms with Gasteiger partial charge in [0.1, 0.15) is 6.61 Å². The second-order valence-electron chi connectivity index (χ2n) is 3.85. The monoisotopic (exact) mass is 175 g/mol. The zero-order valence-electron chi connectivity index (χ0n) is 7.22. The van der Waals surface area contributed by atoms with Gasteiger partial charge in [-0.1, -0.05) is 20.8 Å². The smallest absolute Gasteiger partial charge is 0.199 e. The van der Waals surface area contributed by atoms with Gasteiger partial charge >= 0.3 is 0 Å². The quantitative estimate of drug-likeness (QED) is 0.560. The molecular formula is C8H14ClNO. The minimum Gasteiger partial charge on any atom is -0.478 e. The van der Waals surface area contributed by atoms with Crippen LogP contribution in [0, 0.1) is 5.41 Å². The standard InChI is InChI=1S/C8H14ClNO/c1-8(2,3)6-5-11-7(4-9)10-6/h6H,4-5H2,1-3H3. The maximum absolute atomic E-state index is 5.57. The van der Waals surface area contributed by atoms with Crippen LogP contribution in [0.1, 0.15) is 20.8 Å². The molecule has 1 heterocycles. The number of rotatable bonds is 1. The number of hydrogen-bond donors (Lipinski definition) is 0. The maximum Gasteiger partial charge on any atom is 0.199 e. The molecule has 0 aromatic carbocycles. The van der Waals surface area contributed by atoms with Crippen LogP contribution in [0.3, 0.4) is 0 Å². The lowest BCUT2D eigenvalue weighted by molar-refractivity contribution is 0.235. The first kappa shape index (κ1) is 8.85. The molecule has 64 valence electrons. The Bertz CT molecular complexity index is 171. The van der Waals surface area contributed by atoms with Crippen LogP contribution in [-0.2, 0) is 4.74 Å². The van der Waals surface area contributed by atoms with Crippen LogP contribution >= 0.6 is 11.6 Å². The van der Waals surface area contributed by atoms with Crippen molar-refractivity contribution < 1.29 is 4.74 Å². The van der Waals surface area contributed by atoms with Crippen molar-refractivity contribution in [1.29, 1.82) is 0 Å². The van der Waals surface area contributed by atoms with Crippen LogP contribution in [0.15, 0.2) is 4.99 Å². The van der Waals surface area contributed by atoms with Crippen molar-refractivity contribution in [2.24, 2.45) is 10.4 Å². The lowest BCUT2D eigenvalue weighted by Gasteiger charge is -2.21. The predicted octanol–water partition coefficient (Wildman–Crippen LogP) is 2.07. The van der Waals surface area contributed by atoms with Gasteiger partial charge < -0.3 is 4.74 Å². The minimum atomic E-state index is 0.188. The minimum absolute atomic E-state index is 0.188. The molecule has 0 radical (unpaired) electrons. The number of aliphatic imine (C=N–C) groups is 1. The maximum atomic E-state index is 5.57. The summed E-state index contributed by atoms with van der Waals surface area (Å²) >= 11 is 5.57. The van der Waals surface area contributed by atoms with Gasteiger partial charge in [0.05, 0.1) is 11.9 Å². The molecule has 0 N–H and O–H groups in total. The van der Waals surface area contributed by atoms with Crippen molar-refractivity contribution in [1.82, 2.24) is 0 Å². The second kappa shape index (κ2) is 3.02. The molecule has 1 aliphatic rings. The Hall–Kier alpha value is -0.240. The van der Waals surface area contributed by atoms with E-state index >= 15 is 0 Å². The number of nitrogens with zero attached hydrogens (tertiary/aromatic N) is 1. The summed E-state index contributed by atoms with van der Waals surface area (Å²) in [6, 6.07) is 0.274. The van der Waals surface area contributed by atoms with Crippen LogP contribution in [0.2, 0.25) is 0 Å². The number of alkyl halides is 1. The van der Waals surface area contributed by atoms with E-state index in [4.69, 9.17) is 16.3 Å². The lowest BCUT2D eigenvalue weighted by Crippen LogP contribution is -2.25. The molecule has 0 fully saturated rings. The van der Waals surface area contributed by atoms with Crippen molar-refractivity contribution in [3.63, 3.8) is 0 Å². The third kappa shape index (κ3) is 2.09. The van der Waals surface area contributed by atoms with Crippen LogP contribution in [0.25, 0.3) is 0 Å². The largest absolute Gasteiger partial charge is 0.478 e.